The van der Waals surface area contributed by atoms with Crippen LogP contribution < -0.4 is 14.4 Å². The van der Waals surface area contributed by atoms with Gasteiger partial charge in [-0.25, -0.2) is 8.42 Å². The number of amides is 2. The molecule has 0 aliphatic carbocycles. The molecule has 4 rings (SSSR count). The number of carbonyl (C=O) groups is 2. The fourth-order valence-corrected chi connectivity index (χ4v) is 6.45. The molecule has 2 unspecified atom stereocenters. The van der Waals surface area contributed by atoms with Gasteiger partial charge in [0.25, 0.3) is 10.0 Å². The van der Waals surface area contributed by atoms with Crippen molar-refractivity contribution in [2.75, 3.05) is 18.0 Å². The predicted molar refractivity (Wildman–Crippen MR) is 183 cm³/mol. The summed E-state index contributed by atoms with van der Waals surface area (Å²) in [6.45, 7) is 5.24. The zero-order valence-corrected chi connectivity index (χ0v) is 28.1. The van der Waals surface area contributed by atoms with Crippen molar-refractivity contribution in [2.24, 2.45) is 0 Å². The van der Waals surface area contributed by atoms with Crippen molar-refractivity contribution >= 4 is 39.1 Å². The van der Waals surface area contributed by atoms with Crippen molar-refractivity contribution < 1.29 is 22.7 Å². The topological polar surface area (TPSA) is 96.0 Å². The van der Waals surface area contributed by atoms with Crippen LogP contribution in [0, 0.1) is 6.92 Å². The molecule has 8 nitrogen and oxygen atoms in total. The van der Waals surface area contributed by atoms with Gasteiger partial charge in [0, 0.05) is 30.1 Å². The van der Waals surface area contributed by atoms with Gasteiger partial charge in [-0.05, 0) is 67.8 Å². The van der Waals surface area contributed by atoms with Crippen LogP contribution >= 0.6 is 11.6 Å². The van der Waals surface area contributed by atoms with E-state index in [4.69, 9.17) is 16.3 Å². The number of sulfonamides is 1. The van der Waals surface area contributed by atoms with E-state index in [0.29, 0.717) is 17.2 Å². The standard InChI is InChI=1S/C36H40ClN3O5S/c1-5-27(3)38-36(42)34(22-28-10-7-6-8-11-28)39(24-29-16-18-30(37)19-17-29)35(41)25-40(31-12-9-13-32(23-31)45-4)46(43,44)33-20-14-26(2)15-21-33/h6-21,23,27,34H,5,22,24-25H2,1-4H3,(H,38,42). The van der Waals surface area contributed by atoms with Gasteiger partial charge in [-0.3, -0.25) is 13.9 Å². The molecule has 0 heterocycles. The minimum absolute atomic E-state index is 0.0355. The van der Waals surface area contributed by atoms with Gasteiger partial charge in [0.15, 0.2) is 0 Å². The van der Waals surface area contributed by atoms with Crippen LogP contribution in [0.2, 0.25) is 5.02 Å². The number of anilines is 1. The second kappa shape index (κ2) is 15.8. The summed E-state index contributed by atoms with van der Waals surface area (Å²) in [7, 11) is -2.73. The Morgan fingerprint density at radius 1 is 0.891 bits per heavy atom. The normalized spacial score (nSPS) is 12.5. The molecule has 0 saturated heterocycles. The van der Waals surface area contributed by atoms with Crippen molar-refractivity contribution in [3.63, 3.8) is 0 Å². The number of hydrogen-bond donors (Lipinski definition) is 1. The van der Waals surface area contributed by atoms with Crippen molar-refractivity contribution in [3.8, 4) is 5.75 Å². The van der Waals surface area contributed by atoms with Crippen LogP contribution in [0.15, 0.2) is 108 Å². The lowest BCUT2D eigenvalue weighted by molar-refractivity contribution is -0.140. The molecule has 4 aromatic carbocycles. The number of carbonyl (C=O) groups excluding carboxylic acids is 2. The molecular formula is C36H40ClN3O5S. The second-order valence-corrected chi connectivity index (χ2v) is 13.5. The van der Waals surface area contributed by atoms with E-state index in [9.17, 15) is 18.0 Å². The Bertz CT molecular complexity index is 1720. The van der Waals surface area contributed by atoms with Gasteiger partial charge in [0.1, 0.15) is 18.3 Å². The average Bonchev–Trinajstić information content (AvgIpc) is 3.06. The summed E-state index contributed by atoms with van der Waals surface area (Å²) in [5.74, 6) is -0.439. The largest absolute Gasteiger partial charge is 0.497 e. The van der Waals surface area contributed by atoms with Crippen LogP contribution in [0.25, 0.3) is 0 Å². The van der Waals surface area contributed by atoms with Crippen LogP contribution in [-0.2, 0) is 32.6 Å². The summed E-state index contributed by atoms with van der Waals surface area (Å²) < 4.78 is 34.9. The summed E-state index contributed by atoms with van der Waals surface area (Å²) >= 11 is 6.16. The lowest BCUT2D eigenvalue weighted by atomic mass is 10.0. The molecule has 0 fully saturated rings. The number of halogens is 1. The molecule has 0 aliphatic rings. The van der Waals surface area contributed by atoms with E-state index in [-0.39, 0.29) is 35.5 Å². The van der Waals surface area contributed by atoms with E-state index in [0.717, 1.165) is 21.0 Å². The molecule has 0 aromatic heterocycles. The van der Waals surface area contributed by atoms with Gasteiger partial charge in [-0.2, -0.15) is 0 Å². The molecule has 46 heavy (non-hydrogen) atoms. The number of ether oxygens (including phenoxy) is 1. The Balaban J connectivity index is 1.82. The zero-order valence-electron chi connectivity index (χ0n) is 26.5. The highest BCUT2D eigenvalue weighted by atomic mass is 35.5. The molecule has 0 spiro atoms. The molecule has 0 saturated carbocycles. The molecule has 1 N–H and O–H groups in total. The van der Waals surface area contributed by atoms with Crippen molar-refractivity contribution in [2.45, 2.75) is 57.1 Å². The highest BCUT2D eigenvalue weighted by Crippen LogP contribution is 2.28. The summed E-state index contributed by atoms with van der Waals surface area (Å²) in [5, 5.41) is 3.57. The van der Waals surface area contributed by atoms with Gasteiger partial charge in [-0.1, -0.05) is 84.8 Å². The fourth-order valence-electron chi connectivity index (χ4n) is 4.91. The third-order valence-corrected chi connectivity index (χ3v) is 9.81. The first-order valence-corrected chi connectivity index (χ1v) is 16.9. The van der Waals surface area contributed by atoms with E-state index in [1.807, 2.05) is 51.1 Å². The van der Waals surface area contributed by atoms with Gasteiger partial charge in [0.05, 0.1) is 17.7 Å². The monoisotopic (exact) mass is 661 g/mol. The summed E-state index contributed by atoms with van der Waals surface area (Å²) in [5.41, 5.74) is 2.75. The third-order valence-electron chi connectivity index (χ3n) is 7.77. The smallest absolute Gasteiger partial charge is 0.264 e. The number of nitrogens with one attached hydrogen (secondary N) is 1. The van der Waals surface area contributed by atoms with Crippen molar-refractivity contribution in [1.82, 2.24) is 10.2 Å². The molecule has 2 atom stereocenters. The summed E-state index contributed by atoms with van der Waals surface area (Å²) in [6, 6.07) is 28.4. The highest BCUT2D eigenvalue weighted by molar-refractivity contribution is 7.92. The van der Waals surface area contributed by atoms with Gasteiger partial charge in [0.2, 0.25) is 11.8 Å². The first-order chi connectivity index (χ1) is 22.0. The molecular weight excluding hydrogens is 622 g/mol. The molecule has 10 heteroatoms. The van der Waals surface area contributed by atoms with Gasteiger partial charge in [-0.15, -0.1) is 0 Å². The first-order valence-electron chi connectivity index (χ1n) is 15.1. The van der Waals surface area contributed by atoms with Crippen LogP contribution in [0.3, 0.4) is 0 Å². The first kappa shape index (κ1) is 34.5. The fraction of sp³-hybridized carbons (Fsp3) is 0.278. The van der Waals surface area contributed by atoms with Crippen molar-refractivity contribution in [1.29, 1.82) is 0 Å². The minimum atomic E-state index is -4.22. The average molecular weight is 662 g/mol. The molecule has 4 aromatic rings. The number of benzene rings is 4. The Hall–Kier alpha value is -4.34. The lowest BCUT2D eigenvalue weighted by Crippen LogP contribution is -2.54. The van der Waals surface area contributed by atoms with Crippen LogP contribution in [0.5, 0.6) is 5.75 Å². The summed E-state index contributed by atoms with van der Waals surface area (Å²) in [6.07, 6.45) is 0.930. The Kier molecular flexibility index (Phi) is 11.8. The Morgan fingerprint density at radius 2 is 1.57 bits per heavy atom. The predicted octanol–water partition coefficient (Wildman–Crippen LogP) is 6.41. The number of aryl methyl sites for hydroxylation is 1. The minimum Gasteiger partial charge on any atom is -0.497 e. The Morgan fingerprint density at radius 3 is 2.20 bits per heavy atom. The summed E-state index contributed by atoms with van der Waals surface area (Å²) in [4.78, 5) is 30.0. The molecule has 0 radical (unpaired) electrons. The number of rotatable bonds is 14. The highest BCUT2D eigenvalue weighted by Gasteiger charge is 2.35. The molecule has 0 bridgehead atoms. The molecule has 242 valence electrons. The van der Waals surface area contributed by atoms with E-state index < -0.39 is 28.5 Å². The van der Waals surface area contributed by atoms with E-state index >= 15 is 0 Å². The maximum atomic E-state index is 14.6. The van der Waals surface area contributed by atoms with Crippen LogP contribution in [0.1, 0.15) is 37.0 Å². The maximum Gasteiger partial charge on any atom is 0.264 e. The molecule has 2 amide bonds. The van der Waals surface area contributed by atoms with Crippen molar-refractivity contribution in [3.05, 3.63) is 125 Å². The number of methoxy groups -OCH3 is 1. The quantitative estimate of drug-likeness (QED) is 0.169. The third kappa shape index (κ3) is 8.89. The van der Waals surface area contributed by atoms with E-state index in [2.05, 4.69) is 5.32 Å². The lowest BCUT2D eigenvalue weighted by Gasteiger charge is -2.34. The van der Waals surface area contributed by atoms with Gasteiger partial charge >= 0.3 is 0 Å². The number of hydrogen-bond acceptors (Lipinski definition) is 5. The Labute approximate surface area is 277 Å². The molecule has 0 aliphatic heterocycles. The van der Waals surface area contributed by atoms with Crippen LogP contribution in [-0.4, -0.2) is 50.9 Å². The zero-order chi connectivity index (χ0) is 33.3. The maximum absolute atomic E-state index is 14.6. The van der Waals surface area contributed by atoms with Crippen LogP contribution in [0.4, 0.5) is 5.69 Å². The second-order valence-electron chi connectivity index (χ2n) is 11.2. The van der Waals surface area contributed by atoms with E-state index in [1.54, 1.807) is 60.7 Å². The number of nitrogens with zero attached hydrogens (tertiary/aromatic N) is 2. The van der Waals surface area contributed by atoms with Gasteiger partial charge < -0.3 is 15.0 Å². The van der Waals surface area contributed by atoms with E-state index in [1.165, 1.54) is 24.1 Å². The SMILES string of the molecule is CCC(C)NC(=O)C(Cc1ccccc1)N(Cc1ccc(Cl)cc1)C(=O)CN(c1cccc(OC)c1)S(=O)(=O)c1ccc(C)cc1.